The van der Waals surface area contributed by atoms with Gasteiger partial charge in [0, 0.05) is 26.5 Å². The highest BCUT2D eigenvalue weighted by Gasteiger charge is 2.28. The molecule has 1 aliphatic heterocycles. The molecule has 78 valence electrons. The van der Waals surface area contributed by atoms with Gasteiger partial charge in [-0.3, -0.25) is 9.59 Å². The monoisotopic (exact) mass is 286 g/mol. The van der Waals surface area contributed by atoms with E-state index in [4.69, 9.17) is 5.73 Å². The van der Waals surface area contributed by atoms with Crippen LogP contribution in [0.25, 0.3) is 0 Å². The number of carbonyl (C=O) groups is 2. The molecule has 0 atom stereocenters. The van der Waals surface area contributed by atoms with E-state index >= 15 is 0 Å². The maximum absolute atomic E-state index is 11.5. The molecule has 15 heavy (non-hydrogen) atoms. The molecule has 0 aliphatic carbocycles. The Kier molecular flexibility index (Phi) is 2.70. The average molecular weight is 287 g/mol. The van der Waals surface area contributed by atoms with E-state index in [0.717, 1.165) is 9.80 Å². The summed E-state index contributed by atoms with van der Waals surface area (Å²) < 4.78 is 0. The predicted octanol–water partition coefficient (Wildman–Crippen LogP) is 2.22. The van der Waals surface area contributed by atoms with Crippen molar-refractivity contribution in [1.29, 1.82) is 0 Å². The van der Waals surface area contributed by atoms with Crippen molar-refractivity contribution in [2.24, 2.45) is 0 Å². The molecule has 0 radical (unpaired) electrons. The number of nitrogens with two attached hydrogens (primary N) is 1. The van der Waals surface area contributed by atoms with Crippen molar-refractivity contribution in [3.05, 3.63) is 18.2 Å². The molecule has 0 fully saturated rings. The molecule has 6 heteroatoms. The summed E-state index contributed by atoms with van der Waals surface area (Å²) in [6, 6.07) is 5.18. The molecule has 0 aromatic heterocycles. The van der Waals surface area contributed by atoms with Crippen molar-refractivity contribution in [3.63, 3.8) is 0 Å². The van der Waals surface area contributed by atoms with Crippen LogP contribution in [0.4, 0.5) is 16.2 Å². The molecule has 1 aliphatic rings. The number of anilines is 2. The molecular weight excluding hydrogens is 280 g/mol. The number of nitrogen functional groups attached to an aromatic ring is 1. The van der Waals surface area contributed by atoms with Gasteiger partial charge in [0.1, 0.15) is 0 Å². The lowest BCUT2D eigenvalue weighted by Crippen LogP contribution is -2.37. The van der Waals surface area contributed by atoms with Crippen LogP contribution in [0, 0.1) is 0 Å². The van der Waals surface area contributed by atoms with Gasteiger partial charge in [-0.25, -0.2) is 4.90 Å². The predicted molar refractivity (Wildman–Crippen MR) is 63.4 cm³/mol. The van der Waals surface area contributed by atoms with Gasteiger partial charge in [-0.05, 0) is 18.2 Å². The molecule has 0 unspecified atom stereocenters. The minimum atomic E-state index is -0.459. The van der Waals surface area contributed by atoms with Gasteiger partial charge in [0.15, 0.2) is 0 Å². The second kappa shape index (κ2) is 3.86. The van der Waals surface area contributed by atoms with Crippen LogP contribution in [-0.2, 0) is 4.79 Å². The zero-order valence-electron chi connectivity index (χ0n) is 7.57. The Morgan fingerprint density at radius 3 is 2.93 bits per heavy atom. The summed E-state index contributed by atoms with van der Waals surface area (Å²) in [6.45, 7) is 0. The largest absolute Gasteiger partial charge is 0.399 e. The second-order valence-electron chi connectivity index (χ2n) is 3.00. The van der Waals surface area contributed by atoms with E-state index in [1.165, 1.54) is 11.8 Å². The summed E-state index contributed by atoms with van der Waals surface area (Å²) in [6.07, 6.45) is 0. The lowest BCUT2D eigenvalue weighted by molar-refractivity contribution is -0.115. The van der Waals surface area contributed by atoms with E-state index in [1.807, 2.05) is 6.07 Å². The molecule has 0 saturated carbocycles. The Hall–Kier alpha value is -1.01. The molecule has 0 bridgehead atoms. The zero-order valence-corrected chi connectivity index (χ0v) is 9.97. The van der Waals surface area contributed by atoms with Crippen molar-refractivity contribution >= 4 is 49.8 Å². The van der Waals surface area contributed by atoms with Crippen molar-refractivity contribution in [1.82, 2.24) is 0 Å². The molecule has 0 spiro atoms. The van der Waals surface area contributed by atoms with Crippen molar-refractivity contribution in [2.45, 2.75) is 4.90 Å². The van der Waals surface area contributed by atoms with Gasteiger partial charge in [-0.2, -0.15) is 0 Å². The molecule has 4 nitrogen and oxygen atoms in total. The maximum atomic E-state index is 11.5. The maximum Gasteiger partial charge on any atom is 0.300 e. The molecule has 2 amide bonds. The summed E-state index contributed by atoms with van der Waals surface area (Å²) in [5, 5.41) is 0. The first kappa shape index (κ1) is 10.5. The summed E-state index contributed by atoms with van der Waals surface area (Å²) in [5.41, 5.74) is 6.70. The van der Waals surface area contributed by atoms with Gasteiger partial charge in [-0.1, -0.05) is 0 Å². The smallest absolute Gasteiger partial charge is 0.300 e. The van der Waals surface area contributed by atoms with E-state index < -0.39 is 4.82 Å². The van der Waals surface area contributed by atoms with Crippen molar-refractivity contribution in [2.75, 3.05) is 16.4 Å². The SMILES string of the molecule is Nc1ccc2c(c1)N(C(=O)Br)C(=O)CS2. The van der Waals surface area contributed by atoms with Gasteiger partial charge in [0.05, 0.1) is 11.4 Å². The number of benzene rings is 1. The molecule has 2 N–H and O–H groups in total. The lowest BCUT2D eigenvalue weighted by atomic mass is 10.2. The van der Waals surface area contributed by atoms with Gasteiger partial charge < -0.3 is 5.73 Å². The summed E-state index contributed by atoms with van der Waals surface area (Å²) in [7, 11) is 0. The minimum absolute atomic E-state index is 0.236. The Morgan fingerprint density at radius 2 is 2.27 bits per heavy atom. The third-order valence-electron chi connectivity index (χ3n) is 2.00. The Labute approximate surface area is 98.9 Å². The normalized spacial score (nSPS) is 15.0. The first-order chi connectivity index (χ1) is 7.09. The standard InChI is InChI=1S/C9H7BrN2O2S/c10-9(14)12-6-3-5(11)1-2-7(6)15-4-8(12)13/h1-3H,4,11H2. The van der Waals surface area contributed by atoms with Crippen LogP contribution in [0.2, 0.25) is 0 Å². The number of amides is 2. The molecule has 1 aromatic rings. The number of imide groups is 1. The van der Waals surface area contributed by atoms with Crippen molar-refractivity contribution in [3.8, 4) is 0 Å². The number of carbonyl (C=O) groups excluding carboxylic acids is 2. The van der Waals surface area contributed by atoms with Gasteiger partial charge in [0.2, 0.25) is 5.91 Å². The van der Waals surface area contributed by atoms with Crippen LogP contribution in [0.5, 0.6) is 0 Å². The third-order valence-corrected chi connectivity index (χ3v) is 3.40. The Balaban J connectivity index is 2.55. The fourth-order valence-corrected chi connectivity index (χ4v) is 2.62. The number of fused-ring (bicyclic) bond motifs is 1. The highest BCUT2D eigenvalue weighted by atomic mass is 79.9. The Bertz CT molecular complexity index is 450. The van der Waals surface area contributed by atoms with Crippen LogP contribution >= 0.6 is 27.7 Å². The number of halogens is 1. The van der Waals surface area contributed by atoms with E-state index in [9.17, 15) is 9.59 Å². The molecule has 1 aromatic carbocycles. The van der Waals surface area contributed by atoms with Crippen molar-refractivity contribution < 1.29 is 9.59 Å². The zero-order chi connectivity index (χ0) is 11.0. The first-order valence-corrected chi connectivity index (χ1v) is 5.92. The summed E-state index contributed by atoms with van der Waals surface area (Å²) in [5.74, 6) is 0.0359. The fraction of sp³-hybridized carbons (Fsp3) is 0.111. The molecule has 0 saturated heterocycles. The lowest BCUT2D eigenvalue weighted by Gasteiger charge is -2.25. The number of thioether (sulfide) groups is 1. The van der Waals surface area contributed by atoms with E-state index in [-0.39, 0.29) is 11.7 Å². The van der Waals surface area contributed by atoms with Crippen LogP contribution in [-0.4, -0.2) is 16.5 Å². The highest BCUT2D eigenvalue weighted by Crippen LogP contribution is 2.37. The van der Waals surface area contributed by atoms with Crippen LogP contribution in [0.15, 0.2) is 23.1 Å². The van der Waals surface area contributed by atoms with Gasteiger partial charge >= 0.3 is 4.82 Å². The molecular formula is C9H7BrN2O2S. The number of hydrogen-bond acceptors (Lipinski definition) is 4. The van der Waals surface area contributed by atoms with E-state index in [0.29, 0.717) is 11.4 Å². The molecule has 1 heterocycles. The van der Waals surface area contributed by atoms with Crippen LogP contribution in [0.3, 0.4) is 0 Å². The van der Waals surface area contributed by atoms with E-state index in [2.05, 4.69) is 15.9 Å². The van der Waals surface area contributed by atoms with E-state index in [1.54, 1.807) is 12.1 Å². The minimum Gasteiger partial charge on any atom is -0.399 e. The number of rotatable bonds is 0. The fourth-order valence-electron chi connectivity index (χ4n) is 1.36. The van der Waals surface area contributed by atoms with Gasteiger partial charge in [0.25, 0.3) is 0 Å². The van der Waals surface area contributed by atoms with Crippen LogP contribution < -0.4 is 10.6 Å². The summed E-state index contributed by atoms with van der Waals surface area (Å²) in [4.78, 5) is 24.3. The third kappa shape index (κ3) is 1.87. The van der Waals surface area contributed by atoms with Crippen LogP contribution in [0.1, 0.15) is 0 Å². The average Bonchev–Trinajstić information content (AvgIpc) is 2.16. The number of hydrogen-bond donors (Lipinski definition) is 1. The summed E-state index contributed by atoms with van der Waals surface area (Å²) >= 11 is 4.19. The topological polar surface area (TPSA) is 63.4 Å². The second-order valence-corrected chi connectivity index (χ2v) is 4.69. The van der Waals surface area contributed by atoms with Gasteiger partial charge in [-0.15, -0.1) is 11.8 Å². The highest BCUT2D eigenvalue weighted by molar-refractivity contribution is 9.18. The quantitative estimate of drug-likeness (QED) is 0.451. The molecule has 2 rings (SSSR count). The first-order valence-electron chi connectivity index (χ1n) is 4.14. The Morgan fingerprint density at radius 1 is 1.53 bits per heavy atom. The number of nitrogens with zero attached hydrogens (tertiary/aromatic N) is 1.